The van der Waals surface area contributed by atoms with E-state index in [-0.39, 0.29) is 11.9 Å². The first-order valence-corrected chi connectivity index (χ1v) is 8.69. The van der Waals surface area contributed by atoms with Crippen molar-refractivity contribution < 1.29 is 4.79 Å². The van der Waals surface area contributed by atoms with Gasteiger partial charge in [-0.25, -0.2) is 0 Å². The number of hydrogen-bond donors (Lipinski definition) is 2. The Bertz CT molecular complexity index is 291. The van der Waals surface area contributed by atoms with Crippen molar-refractivity contribution in [2.45, 2.75) is 83.7 Å². The van der Waals surface area contributed by atoms with E-state index in [1.807, 2.05) is 6.92 Å². The van der Waals surface area contributed by atoms with Gasteiger partial charge in [-0.3, -0.25) is 4.79 Å². The minimum Gasteiger partial charge on any atom is -0.352 e. The van der Waals surface area contributed by atoms with E-state index in [2.05, 4.69) is 17.6 Å². The van der Waals surface area contributed by atoms with Gasteiger partial charge in [-0.2, -0.15) is 0 Å². The predicted octanol–water partition coefficient (Wildman–Crippen LogP) is 3.24. The molecule has 2 N–H and O–H groups in total. The van der Waals surface area contributed by atoms with Crippen LogP contribution in [0, 0.1) is 11.8 Å². The van der Waals surface area contributed by atoms with Gasteiger partial charge in [-0.15, -0.1) is 0 Å². The van der Waals surface area contributed by atoms with Crippen LogP contribution in [-0.4, -0.2) is 24.5 Å². The van der Waals surface area contributed by atoms with Crippen molar-refractivity contribution in [1.29, 1.82) is 0 Å². The standard InChI is InChI=1S/C17H32N2O/c1-13-7-9-15(10-8-13)11-12-18-14(2)17(20)19-16-5-3-4-6-16/h13-16,18H,3-12H2,1-2H3,(H,19,20). The molecule has 0 aromatic heterocycles. The van der Waals surface area contributed by atoms with Crippen molar-refractivity contribution in [3.05, 3.63) is 0 Å². The lowest BCUT2D eigenvalue weighted by molar-refractivity contribution is -0.123. The Kier molecular flexibility index (Phi) is 6.34. The highest BCUT2D eigenvalue weighted by Gasteiger charge is 2.21. The van der Waals surface area contributed by atoms with Crippen molar-refractivity contribution in [1.82, 2.24) is 10.6 Å². The largest absolute Gasteiger partial charge is 0.352 e. The van der Waals surface area contributed by atoms with Gasteiger partial charge in [-0.05, 0) is 44.6 Å². The van der Waals surface area contributed by atoms with E-state index in [9.17, 15) is 4.79 Å². The van der Waals surface area contributed by atoms with Crippen molar-refractivity contribution in [3.63, 3.8) is 0 Å². The molecule has 0 aromatic rings. The van der Waals surface area contributed by atoms with Crippen molar-refractivity contribution in [3.8, 4) is 0 Å². The Morgan fingerprint density at radius 3 is 2.40 bits per heavy atom. The maximum atomic E-state index is 12.1. The van der Waals surface area contributed by atoms with Crippen molar-refractivity contribution in [2.75, 3.05) is 6.54 Å². The molecule has 2 fully saturated rings. The van der Waals surface area contributed by atoms with Gasteiger partial charge in [0.15, 0.2) is 0 Å². The first-order valence-electron chi connectivity index (χ1n) is 8.69. The fourth-order valence-corrected chi connectivity index (χ4v) is 3.61. The lowest BCUT2D eigenvalue weighted by atomic mass is 9.81. The molecule has 3 heteroatoms. The van der Waals surface area contributed by atoms with E-state index in [4.69, 9.17) is 0 Å². The number of amides is 1. The molecule has 2 aliphatic rings. The molecule has 2 saturated carbocycles. The molecule has 0 spiro atoms. The molecule has 1 unspecified atom stereocenters. The normalized spacial score (nSPS) is 29.3. The zero-order chi connectivity index (χ0) is 14.4. The third-order valence-corrected chi connectivity index (χ3v) is 5.23. The zero-order valence-corrected chi connectivity index (χ0v) is 13.3. The van der Waals surface area contributed by atoms with Crippen LogP contribution in [0.15, 0.2) is 0 Å². The SMILES string of the molecule is CC1CCC(CCNC(C)C(=O)NC2CCCC2)CC1. The highest BCUT2D eigenvalue weighted by atomic mass is 16.2. The number of hydrogen-bond acceptors (Lipinski definition) is 2. The van der Waals surface area contributed by atoms with E-state index in [1.165, 1.54) is 57.8 Å². The van der Waals surface area contributed by atoms with Crippen LogP contribution in [0.25, 0.3) is 0 Å². The molecule has 2 rings (SSSR count). The van der Waals surface area contributed by atoms with Crippen LogP contribution in [0.2, 0.25) is 0 Å². The molecule has 0 bridgehead atoms. The van der Waals surface area contributed by atoms with E-state index in [0.29, 0.717) is 6.04 Å². The maximum Gasteiger partial charge on any atom is 0.237 e. The summed E-state index contributed by atoms with van der Waals surface area (Å²) in [5.41, 5.74) is 0. The van der Waals surface area contributed by atoms with E-state index in [1.54, 1.807) is 0 Å². The maximum absolute atomic E-state index is 12.1. The van der Waals surface area contributed by atoms with Gasteiger partial charge >= 0.3 is 0 Å². The van der Waals surface area contributed by atoms with Gasteiger partial charge in [0.2, 0.25) is 5.91 Å². The molecule has 0 aliphatic heterocycles. The molecular formula is C17H32N2O. The lowest BCUT2D eigenvalue weighted by Gasteiger charge is -2.26. The smallest absolute Gasteiger partial charge is 0.237 e. The molecular weight excluding hydrogens is 248 g/mol. The highest BCUT2D eigenvalue weighted by Crippen LogP contribution is 2.29. The predicted molar refractivity (Wildman–Crippen MR) is 83.6 cm³/mol. The summed E-state index contributed by atoms with van der Waals surface area (Å²) in [4.78, 5) is 12.1. The summed E-state index contributed by atoms with van der Waals surface area (Å²) in [6.07, 6.45) is 11.6. The van der Waals surface area contributed by atoms with Gasteiger partial charge < -0.3 is 10.6 Å². The first kappa shape index (κ1) is 15.8. The topological polar surface area (TPSA) is 41.1 Å². The molecule has 1 amide bonds. The summed E-state index contributed by atoms with van der Waals surface area (Å²) in [6, 6.07) is 0.393. The van der Waals surface area contributed by atoms with Crippen molar-refractivity contribution >= 4 is 5.91 Å². The van der Waals surface area contributed by atoms with E-state index in [0.717, 1.165) is 18.4 Å². The average Bonchev–Trinajstić information content (AvgIpc) is 2.93. The second kappa shape index (κ2) is 8.02. The summed E-state index contributed by atoms with van der Waals surface area (Å²) < 4.78 is 0. The van der Waals surface area contributed by atoms with Gasteiger partial charge in [0, 0.05) is 6.04 Å². The molecule has 0 saturated heterocycles. The van der Waals surface area contributed by atoms with Crippen LogP contribution in [0.3, 0.4) is 0 Å². The van der Waals surface area contributed by atoms with Crippen LogP contribution in [0.1, 0.15) is 71.6 Å². The lowest BCUT2D eigenvalue weighted by Crippen LogP contribution is -2.46. The number of carbonyl (C=O) groups excluding carboxylic acids is 1. The summed E-state index contributed by atoms with van der Waals surface area (Å²) in [5.74, 6) is 1.99. The summed E-state index contributed by atoms with van der Waals surface area (Å²) in [5, 5.41) is 6.57. The second-order valence-corrected chi connectivity index (χ2v) is 7.08. The number of carbonyl (C=O) groups is 1. The van der Waals surface area contributed by atoms with Gasteiger partial charge in [0.1, 0.15) is 0 Å². The van der Waals surface area contributed by atoms with Gasteiger partial charge in [0.05, 0.1) is 6.04 Å². The van der Waals surface area contributed by atoms with E-state index < -0.39 is 0 Å². The van der Waals surface area contributed by atoms with Crippen LogP contribution in [0.4, 0.5) is 0 Å². The average molecular weight is 280 g/mol. The third kappa shape index (κ3) is 5.08. The van der Waals surface area contributed by atoms with Crippen molar-refractivity contribution in [2.24, 2.45) is 11.8 Å². The van der Waals surface area contributed by atoms with Crippen LogP contribution < -0.4 is 10.6 Å². The zero-order valence-electron chi connectivity index (χ0n) is 13.3. The second-order valence-electron chi connectivity index (χ2n) is 7.08. The Morgan fingerprint density at radius 2 is 1.75 bits per heavy atom. The molecule has 0 radical (unpaired) electrons. The summed E-state index contributed by atoms with van der Waals surface area (Å²) >= 11 is 0. The molecule has 116 valence electrons. The Hall–Kier alpha value is -0.570. The Morgan fingerprint density at radius 1 is 1.10 bits per heavy atom. The van der Waals surface area contributed by atoms with Crippen LogP contribution in [0.5, 0.6) is 0 Å². The van der Waals surface area contributed by atoms with Gasteiger partial charge in [-0.1, -0.05) is 45.4 Å². The first-order chi connectivity index (χ1) is 9.65. The fourth-order valence-electron chi connectivity index (χ4n) is 3.61. The van der Waals surface area contributed by atoms with Crippen LogP contribution in [-0.2, 0) is 4.79 Å². The molecule has 2 aliphatic carbocycles. The van der Waals surface area contributed by atoms with Crippen LogP contribution >= 0.6 is 0 Å². The number of nitrogens with one attached hydrogen (secondary N) is 2. The Labute approximate surface area is 124 Å². The van der Waals surface area contributed by atoms with E-state index >= 15 is 0 Å². The quantitative estimate of drug-likeness (QED) is 0.784. The highest BCUT2D eigenvalue weighted by molar-refractivity contribution is 5.81. The molecule has 0 aromatic carbocycles. The fraction of sp³-hybridized carbons (Fsp3) is 0.941. The summed E-state index contributed by atoms with van der Waals surface area (Å²) in [6.45, 7) is 5.34. The number of rotatable bonds is 6. The van der Waals surface area contributed by atoms with Gasteiger partial charge in [0.25, 0.3) is 0 Å². The molecule has 0 heterocycles. The molecule has 20 heavy (non-hydrogen) atoms. The third-order valence-electron chi connectivity index (χ3n) is 5.23. The monoisotopic (exact) mass is 280 g/mol. The minimum atomic E-state index is -0.0434. The molecule has 3 nitrogen and oxygen atoms in total. The summed E-state index contributed by atoms with van der Waals surface area (Å²) in [7, 11) is 0. The molecule has 1 atom stereocenters. The Balaban J connectivity index is 1.57. The minimum absolute atomic E-state index is 0.0434.